The molecule has 0 radical (unpaired) electrons. The fourth-order valence-corrected chi connectivity index (χ4v) is 3.89. The van der Waals surface area contributed by atoms with Crippen LogP contribution in [0.1, 0.15) is 15.9 Å². The summed E-state index contributed by atoms with van der Waals surface area (Å²) < 4.78 is 5.43. The number of esters is 1. The normalized spacial score (nSPS) is 18.3. The van der Waals surface area contributed by atoms with Gasteiger partial charge in [0.15, 0.2) is 0 Å². The Bertz CT molecular complexity index is 880. The molecule has 1 unspecified atom stereocenters. The van der Waals surface area contributed by atoms with Gasteiger partial charge >= 0.3 is 5.97 Å². The van der Waals surface area contributed by atoms with Gasteiger partial charge in [0.2, 0.25) is 5.91 Å². The quantitative estimate of drug-likeness (QED) is 0.661. The Morgan fingerprint density at radius 2 is 2.04 bits per heavy atom. The summed E-state index contributed by atoms with van der Waals surface area (Å²) in [7, 11) is 0. The van der Waals surface area contributed by atoms with Crippen LogP contribution in [0.4, 0.5) is 0 Å². The summed E-state index contributed by atoms with van der Waals surface area (Å²) in [6, 6.07) is 11.9. The fraction of sp³-hybridized carbons (Fsp3) is 0.118. The van der Waals surface area contributed by atoms with Crippen molar-refractivity contribution in [1.82, 2.24) is 5.43 Å². The molecule has 1 N–H and O–H groups in total. The lowest BCUT2D eigenvalue weighted by Gasteiger charge is -2.20. The number of fused-ring (bicyclic) bond motifs is 3. The van der Waals surface area contributed by atoms with Crippen LogP contribution in [0.3, 0.4) is 0 Å². The molecule has 120 valence electrons. The van der Waals surface area contributed by atoms with E-state index in [4.69, 9.17) is 16.3 Å². The summed E-state index contributed by atoms with van der Waals surface area (Å²) >= 11 is 7.42. The highest BCUT2D eigenvalue weighted by Crippen LogP contribution is 2.37. The molecule has 24 heavy (non-hydrogen) atoms. The minimum Gasteiger partial charge on any atom is -0.423 e. The average Bonchev–Trinajstić information content (AvgIpc) is 2.97. The lowest BCUT2D eigenvalue weighted by Crippen LogP contribution is -2.28. The maximum atomic E-state index is 12.2. The van der Waals surface area contributed by atoms with Crippen LogP contribution in [0.5, 0.6) is 5.75 Å². The van der Waals surface area contributed by atoms with Crippen LogP contribution in [0.2, 0.25) is 5.02 Å². The van der Waals surface area contributed by atoms with Gasteiger partial charge < -0.3 is 4.74 Å². The van der Waals surface area contributed by atoms with Crippen LogP contribution < -0.4 is 10.2 Å². The Labute approximate surface area is 147 Å². The van der Waals surface area contributed by atoms with E-state index in [2.05, 4.69) is 10.5 Å². The number of nitrogens with zero attached hydrogens (tertiary/aromatic N) is 1. The molecule has 1 amide bonds. The smallest absolute Gasteiger partial charge is 0.343 e. The molecule has 0 spiro atoms. The highest BCUT2D eigenvalue weighted by Gasteiger charge is 2.36. The fourth-order valence-electron chi connectivity index (χ4n) is 2.62. The van der Waals surface area contributed by atoms with Crippen molar-refractivity contribution in [2.45, 2.75) is 4.90 Å². The molecule has 2 heterocycles. The molecule has 0 aromatic heterocycles. The van der Waals surface area contributed by atoms with E-state index in [9.17, 15) is 9.59 Å². The minimum atomic E-state index is -0.464. The van der Waals surface area contributed by atoms with Crippen LogP contribution >= 0.6 is 23.4 Å². The lowest BCUT2D eigenvalue weighted by atomic mass is 9.98. The van der Waals surface area contributed by atoms with Gasteiger partial charge in [0.05, 0.1) is 17.2 Å². The van der Waals surface area contributed by atoms with Gasteiger partial charge in [-0.25, -0.2) is 10.2 Å². The predicted octanol–water partition coefficient (Wildman–Crippen LogP) is 3.12. The number of hydrazone groups is 1. The van der Waals surface area contributed by atoms with Gasteiger partial charge in [0, 0.05) is 21.2 Å². The van der Waals surface area contributed by atoms with Crippen molar-refractivity contribution in [3.8, 4) is 5.75 Å². The second-order valence-corrected chi connectivity index (χ2v) is 6.89. The number of thioether (sulfide) groups is 1. The summed E-state index contributed by atoms with van der Waals surface area (Å²) in [5.74, 6) is 0.282. The molecule has 1 atom stereocenters. The molecule has 2 aromatic carbocycles. The van der Waals surface area contributed by atoms with E-state index in [0.29, 0.717) is 27.8 Å². The van der Waals surface area contributed by atoms with Crippen LogP contribution in [-0.2, 0) is 4.79 Å². The third kappa shape index (κ3) is 2.68. The second kappa shape index (κ2) is 5.96. The Morgan fingerprint density at radius 3 is 2.83 bits per heavy atom. The van der Waals surface area contributed by atoms with E-state index in [-0.39, 0.29) is 11.8 Å². The van der Waals surface area contributed by atoms with Gasteiger partial charge in [-0.15, -0.1) is 11.8 Å². The zero-order chi connectivity index (χ0) is 16.7. The molecular weight excluding hydrogens is 348 g/mol. The third-order valence-electron chi connectivity index (χ3n) is 3.86. The maximum absolute atomic E-state index is 12.2. The number of benzene rings is 2. The molecule has 0 bridgehead atoms. The Hall–Kier alpha value is -2.31. The number of ether oxygens (including phenoxy) is 1. The summed E-state index contributed by atoms with van der Waals surface area (Å²) in [4.78, 5) is 25.0. The molecule has 2 aromatic rings. The Kier molecular flexibility index (Phi) is 3.78. The molecule has 0 saturated carbocycles. The second-order valence-electron chi connectivity index (χ2n) is 5.39. The van der Waals surface area contributed by atoms with E-state index in [1.165, 1.54) is 0 Å². The summed E-state index contributed by atoms with van der Waals surface area (Å²) in [6.07, 6.45) is 0. The van der Waals surface area contributed by atoms with Crippen molar-refractivity contribution >= 4 is 41.0 Å². The molecule has 0 saturated heterocycles. The van der Waals surface area contributed by atoms with Crippen molar-refractivity contribution in [3.63, 3.8) is 0 Å². The molecule has 2 aliphatic heterocycles. The predicted molar refractivity (Wildman–Crippen MR) is 91.7 cm³/mol. The molecule has 0 fully saturated rings. The van der Waals surface area contributed by atoms with Gasteiger partial charge in [-0.3, -0.25) is 4.79 Å². The van der Waals surface area contributed by atoms with Gasteiger partial charge in [0.1, 0.15) is 5.75 Å². The number of carbonyl (C=O) groups is 2. The SMILES string of the molecule is O=C(Oc1ccc2c(c1)C1=NNC(=O)C1CS2)c1ccc(Cl)cc1. The van der Waals surface area contributed by atoms with Crippen LogP contribution in [0.15, 0.2) is 52.5 Å². The van der Waals surface area contributed by atoms with Crippen LogP contribution in [0.25, 0.3) is 0 Å². The van der Waals surface area contributed by atoms with Crippen molar-refractivity contribution in [2.75, 3.05) is 5.75 Å². The topological polar surface area (TPSA) is 67.8 Å². The summed E-state index contributed by atoms with van der Waals surface area (Å²) in [5.41, 5.74) is 4.46. The van der Waals surface area contributed by atoms with Gasteiger partial charge in [-0.2, -0.15) is 5.10 Å². The van der Waals surface area contributed by atoms with E-state index >= 15 is 0 Å². The van der Waals surface area contributed by atoms with Gasteiger partial charge in [0.25, 0.3) is 0 Å². The Balaban J connectivity index is 1.61. The summed E-state index contributed by atoms with van der Waals surface area (Å²) in [5, 5.41) is 4.67. The first kappa shape index (κ1) is 15.2. The molecule has 4 rings (SSSR count). The number of halogens is 1. The highest BCUT2D eigenvalue weighted by atomic mass is 35.5. The Morgan fingerprint density at radius 1 is 1.25 bits per heavy atom. The largest absolute Gasteiger partial charge is 0.423 e. The molecule has 0 aliphatic carbocycles. The van der Waals surface area contributed by atoms with Crippen molar-refractivity contribution in [1.29, 1.82) is 0 Å². The minimum absolute atomic E-state index is 0.0910. The number of hydrogen-bond acceptors (Lipinski definition) is 5. The van der Waals surface area contributed by atoms with E-state index in [0.717, 1.165) is 10.5 Å². The lowest BCUT2D eigenvalue weighted by molar-refractivity contribution is -0.121. The molecule has 2 aliphatic rings. The van der Waals surface area contributed by atoms with Crippen molar-refractivity contribution in [3.05, 3.63) is 58.6 Å². The number of amides is 1. The highest BCUT2D eigenvalue weighted by molar-refractivity contribution is 7.99. The van der Waals surface area contributed by atoms with E-state index in [1.807, 2.05) is 6.07 Å². The van der Waals surface area contributed by atoms with Gasteiger partial charge in [-0.05, 0) is 42.5 Å². The first-order valence-electron chi connectivity index (χ1n) is 7.24. The van der Waals surface area contributed by atoms with Crippen molar-refractivity contribution < 1.29 is 14.3 Å². The van der Waals surface area contributed by atoms with Gasteiger partial charge in [-0.1, -0.05) is 11.6 Å². The molecular formula is C17H11ClN2O3S. The standard InChI is InChI=1S/C17H11ClN2O3S/c18-10-3-1-9(2-4-10)17(22)23-11-5-6-14-12(7-11)15-13(8-24-14)16(21)20-19-15/h1-7,13H,8H2,(H,20,21). The first-order valence-corrected chi connectivity index (χ1v) is 8.60. The number of rotatable bonds is 2. The summed E-state index contributed by atoms with van der Waals surface area (Å²) in [6.45, 7) is 0. The number of nitrogens with one attached hydrogen (secondary N) is 1. The zero-order valence-corrected chi connectivity index (χ0v) is 13.9. The van der Waals surface area contributed by atoms with Crippen LogP contribution in [-0.4, -0.2) is 23.3 Å². The zero-order valence-electron chi connectivity index (χ0n) is 12.3. The van der Waals surface area contributed by atoms with E-state index in [1.54, 1.807) is 48.2 Å². The van der Waals surface area contributed by atoms with Crippen molar-refractivity contribution in [2.24, 2.45) is 11.0 Å². The average molecular weight is 359 g/mol. The third-order valence-corrected chi connectivity index (χ3v) is 5.28. The first-order chi connectivity index (χ1) is 11.6. The molecule has 5 nitrogen and oxygen atoms in total. The number of carbonyl (C=O) groups excluding carboxylic acids is 2. The van der Waals surface area contributed by atoms with E-state index < -0.39 is 5.97 Å². The monoisotopic (exact) mass is 358 g/mol. The molecule has 7 heteroatoms. The number of hydrogen-bond donors (Lipinski definition) is 1. The maximum Gasteiger partial charge on any atom is 0.343 e. The van der Waals surface area contributed by atoms with Crippen LogP contribution in [0, 0.1) is 5.92 Å².